The van der Waals surface area contributed by atoms with Crippen molar-refractivity contribution in [3.05, 3.63) is 74.9 Å². The molecule has 27 heavy (non-hydrogen) atoms. The van der Waals surface area contributed by atoms with Gasteiger partial charge in [0.15, 0.2) is 5.69 Å². The van der Waals surface area contributed by atoms with Gasteiger partial charge in [0.1, 0.15) is 0 Å². The van der Waals surface area contributed by atoms with Crippen molar-refractivity contribution in [1.29, 1.82) is 0 Å². The molecule has 0 unspecified atom stereocenters. The Morgan fingerprint density at radius 2 is 1.59 bits per heavy atom. The van der Waals surface area contributed by atoms with Gasteiger partial charge in [-0.25, -0.2) is 4.52 Å². The van der Waals surface area contributed by atoms with E-state index in [1.54, 1.807) is 28.8 Å². The number of rotatable bonds is 2. The monoisotopic (exact) mass is 395 g/mol. The van der Waals surface area contributed by atoms with Crippen LogP contribution in [0.15, 0.2) is 58.7 Å². The van der Waals surface area contributed by atoms with E-state index >= 15 is 0 Å². The average Bonchev–Trinajstić information content (AvgIpc) is 3.04. The highest BCUT2D eigenvalue weighted by Crippen LogP contribution is 2.28. The molecule has 6 heteroatoms. The van der Waals surface area contributed by atoms with Gasteiger partial charge in [-0.2, -0.15) is 10.1 Å². The second-order valence-electron chi connectivity index (χ2n) is 7.42. The maximum Gasteiger partial charge on any atom is 0.300 e. The molecule has 4 aromatic rings. The first kappa shape index (κ1) is 17.9. The Kier molecular flexibility index (Phi) is 4.36. The fourth-order valence-electron chi connectivity index (χ4n) is 2.88. The topological polar surface area (TPSA) is 47.3 Å². The molecule has 0 aliphatic rings. The zero-order valence-electron chi connectivity index (χ0n) is 15.2. The predicted octanol–water partition coefficient (Wildman–Crippen LogP) is 5.44. The normalized spacial score (nSPS) is 11.9. The fraction of sp³-hybridized carbons (Fsp3) is 0.190. The molecule has 0 atom stereocenters. The van der Waals surface area contributed by atoms with Crippen LogP contribution in [0.1, 0.15) is 26.3 Å². The highest BCUT2D eigenvalue weighted by atomic mass is 35.5. The molecule has 0 aliphatic heterocycles. The molecule has 136 valence electrons. The van der Waals surface area contributed by atoms with Crippen LogP contribution in [0.4, 0.5) is 0 Å². The Hall–Kier alpha value is -2.50. The molecule has 0 saturated carbocycles. The summed E-state index contributed by atoms with van der Waals surface area (Å²) in [5, 5.41) is 7.18. The van der Waals surface area contributed by atoms with Gasteiger partial charge >= 0.3 is 5.56 Å². The fourth-order valence-corrected chi connectivity index (χ4v) is 3.84. The van der Waals surface area contributed by atoms with E-state index in [-0.39, 0.29) is 11.0 Å². The van der Waals surface area contributed by atoms with E-state index < -0.39 is 0 Å². The number of aromatic nitrogens is 3. The van der Waals surface area contributed by atoms with Crippen LogP contribution < -0.4 is 5.56 Å². The Bertz CT molecular complexity index is 1170. The summed E-state index contributed by atoms with van der Waals surface area (Å²) in [5.74, 6) is 0. The van der Waals surface area contributed by atoms with Crippen LogP contribution >= 0.6 is 22.9 Å². The lowest BCUT2D eigenvalue weighted by atomic mass is 9.86. The van der Waals surface area contributed by atoms with Gasteiger partial charge in [0.05, 0.1) is 5.69 Å². The molecule has 4 nitrogen and oxygen atoms in total. The van der Waals surface area contributed by atoms with Gasteiger partial charge in [0.2, 0.25) is 4.96 Å². The maximum atomic E-state index is 12.4. The van der Waals surface area contributed by atoms with Gasteiger partial charge in [-0.15, -0.1) is 11.3 Å². The van der Waals surface area contributed by atoms with Crippen LogP contribution in [0, 0.1) is 0 Å². The van der Waals surface area contributed by atoms with Gasteiger partial charge in [0, 0.05) is 21.5 Å². The Balaban J connectivity index is 1.84. The average molecular weight is 396 g/mol. The molecule has 2 heterocycles. The van der Waals surface area contributed by atoms with E-state index in [4.69, 9.17) is 11.6 Å². The predicted molar refractivity (Wildman–Crippen MR) is 112 cm³/mol. The molecule has 0 spiro atoms. The first-order valence-electron chi connectivity index (χ1n) is 8.58. The molecule has 0 bridgehead atoms. The highest BCUT2D eigenvalue weighted by molar-refractivity contribution is 7.15. The van der Waals surface area contributed by atoms with Crippen molar-refractivity contribution in [2.45, 2.75) is 26.2 Å². The molecule has 0 radical (unpaired) electrons. The summed E-state index contributed by atoms with van der Waals surface area (Å²) in [7, 11) is 0. The third kappa shape index (κ3) is 3.40. The SMILES string of the molecule is CC(C)(C)c1ccc(-c2csc3nc(=O)c(-c4ccc(Cl)cc4)nn23)cc1. The number of halogens is 1. The maximum absolute atomic E-state index is 12.4. The number of thiazole rings is 1. The molecule has 4 rings (SSSR count). The first-order chi connectivity index (χ1) is 12.8. The number of benzene rings is 2. The van der Waals surface area contributed by atoms with Crippen LogP contribution in [0.3, 0.4) is 0 Å². The first-order valence-corrected chi connectivity index (χ1v) is 9.84. The Morgan fingerprint density at radius 3 is 2.22 bits per heavy atom. The largest absolute Gasteiger partial charge is 0.300 e. The van der Waals surface area contributed by atoms with Crippen molar-refractivity contribution in [2.75, 3.05) is 0 Å². The summed E-state index contributed by atoms with van der Waals surface area (Å²) in [4.78, 5) is 17.2. The molecule has 2 aromatic heterocycles. The van der Waals surface area contributed by atoms with Crippen LogP contribution in [0.2, 0.25) is 5.02 Å². The van der Waals surface area contributed by atoms with E-state index in [0.29, 0.717) is 21.2 Å². The van der Waals surface area contributed by atoms with Crippen molar-refractivity contribution in [1.82, 2.24) is 14.6 Å². The minimum Gasteiger partial charge on any atom is -0.265 e. The lowest BCUT2D eigenvalue weighted by molar-refractivity contribution is 0.590. The quantitative estimate of drug-likeness (QED) is 0.454. The van der Waals surface area contributed by atoms with Crippen LogP contribution in [0.25, 0.3) is 27.5 Å². The summed E-state index contributed by atoms with van der Waals surface area (Å²) in [6.07, 6.45) is 0. The van der Waals surface area contributed by atoms with Crippen LogP contribution in [-0.4, -0.2) is 14.6 Å². The molecule has 0 fully saturated rings. The Morgan fingerprint density at radius 1 is 0.963 bits per heavy atom. The van der Waals surface area contributed by atoms with Crippen LogP contribution in [-0.2, 0) is 5.41 Å². The molecule has 0 aliphatic carbocycles. The van der Waals surface area contributed by atoms with E-state index in [0.717, 1.165) is 11.3 Å². The molecular formula is C21H18ClN3OS. The summed E-state index contributed by atoms with van der Waals surface area (Å²) >= 11 is 7.36. The molecule has 2 aromatic carbocycles. The number of fused-ring (bicyclic) bond motifs is 1. The molecule has 0 saturated heterocycles. The van der Waals surface area contributed by atoms with Crippen molar-refractivity contribution in [2.24, 2.45) is 0 Å². The molecule has 0 N–H and O–H groups in total. The molecular weight excluding hydrogens is 378 g/mol. The lowest BCUT2D eigenvalue weighted by Crippen LogP contribution is -2.15. The van der Waals surface area contributed by atoms with Crippen molar-refractivity contribution >= 4 is 27.9 Å². The van der Waals surface area contributed by atoms with Gasteiger partial charge in [-0.3, -0.25) is 4.79 Å². The highest BCUT2D eigenvalue weighted by Gasteiger charge is 2.16. The number of nitrogens with zero attached hydrogens (tertiary/aromatic N) is 3. The third-order valence-corrected chi connectivity index (χ3v) is 5.52. The van der Waals surface area contributed by atoms with Crippen molar-refractivity contribution < 1.29 is 0 Å². The van der Waals surface area contributed by atoms with E-state index in [2.05, 4.69) is 55.1 Å². The summed E-state index contributed by atoms with van der Waals surface area (Å²) in [6.45, 7) is 6.57. The minimum absolute atomic E-state index is 0.0986. The smallest absolute Gasteiger partial charge is 0.265 e. The summed E-state index contributed by atoms with van der Waals surface area (Å²) in [5.41, 5.74) is 4.00. The summed E-state index contributed by atoms with van der Waals surface area (Å²) < 4.78 is 1.74. The van der Waals surface area contributed by atoms with E-state index in [9.17, 15) is 4.79 Å². The Labute approximate surface area is 166 Å². The van der Waals surface area contributed by atoms with E-state index in [1.807, 2.05) is 5.38 Å². The second-order valence-corrected chi connectivity index (χ2v) is 8.69. The zero-order valence-corrected chi connectivity index (χ0v) is 16.8. The second kappa shape index (κ2) is 6.59. The van der Waals surface area contributed by atoms with Crippen molar-refractivity contribution in [3.8, 4) is 22.5 Å². The van der Waals surface area contributed by atoms with Gasteiger partial charge < -0.3 is 0 Å². The standard InChI is InChI=1S/C21H18ClN3OS/c1-21(2,3)15-8-4-13(5-9-15)17-12-27-20-23-19(26)18(24-25(17)20)14-6-10-16(22)11-7-14/h4-12H,1-3H3. The van der Waals surface area contributed by atoms with Gasteiger partial charge in [-0.1, -0.05) is 68.8 Å². The third-order valence-electron chi connectivity index (χ3n) is 4.45. The zero-order chi connectivity index (χ0) is 19.2. The van der Waals surface area contributed by atoms with Crippen LogP contribution in [0.5, 0.6) is 0 Å². The van der Waals surface area contributed by atoms with Crippen molar-refractivity contribution in [3.63, 3.8) is 0 Å². The number of hydrogen-bond donors (Lipinski definition) is 0. The van der Waals surface area contributed by atoms with Gasteiger partial charge in [-0.05, 0) is 23.1 Å². The molecule has 0 amide bonds. The van der Waals surface area contributed by atoms with E-state index in [1.165, 1.54) is 16.9 Å². The summed E-state index contributed by atoms with van der Waals surface area (Å²) in [6, 6.07) is 15.5. The lowest BCUT2D eigenvalue weighted by Gasteiger charge is -2.19. The minimum atomic E-state index is -0.339. The van der Waals surface area contributed by atoms with Gasteiger partial charge in [0.25, 0.3) is 0 Å². The number of hydrogen-bond acceptors (Lipinski definition) is 4.